The lowest BCUT2D eigenvalue weighted by Crippen LogP contribution is -2.54. The molecule has 0 aromatic carbocycles. The van der Waals surface area contributed by atoms with E-state index in [2.05, 4.69) is 19.0 Å². The second kappa shape index (κ2) is 4.82. The SMILES string of the molecule is C[C@]12CCC[C@@H]1[C@@H]1CC[C@H]3CC(=O)/C(=N/O)C[C@@]3(C)[C@@H]1CC2. The first-order valence-electron chi connectivity index (χ1n) is 9.22. The summed E-state index contributed by atoms with van der Waals surface area (Å²) in [5, 5.41) is 12.6. The van der Waals surface area contributed by atoms with E-state index in [9.17, 15) is 10.0 Å². The Labute approximate surface area is 133 Å². The highest BCUT2D eigenvalue weighted by Gasteiger charge is 2.58. The number of hydrogen-bond donors (Lipinski definition) is 1. The second-order valence-corrected chi connectivity index (χ2v) is 9.09. The molecule has 3 nitrogen and oxygen atoms in total. The fourth-order valence-electron chi connectivity index (χ4n) is 7.03. The van der Waals surface area contributed by atoms with E-state index in [4.69, 9.17) is 0 Å². The maximum absolute atomic E-state index is 12.1. The highest BCUT2D eigenvalue weighted by Crippen LogP contribution is 2.65. The van der Waals surface area contributed by atoms with E-state index in [-0.39, 0.29) is 11.2 Å². The molecule has 22 heavy (non-hydrogen) atoms. The molecule has 0 spiro atoms. The van der Waals surface area contributed by atoms with E-state index in [0.717, 1.165) is 17.8 Å². The Hall–Kier alpha value is -0.860. The van der Waals surface area contributed by atoms with Gasteiger partial charge in [-0.3, -0.25) is 4.79 Å². The molecule has 6 atom stereocenters. The zero-order valence-electron chi connectivity index (χ0n) is 14.0. The van der Waals surface area contributed by atoms with Crippen LogP contribution in [0.4, 0.5) is 0 Å². The Bertz CT molecular complexity index is 528. The van der Waals surface area contributed by atoms with Crippen molar-refractivity contribution in [3.63, 3.8) is 0 Å². The fourth-order valence-corrected chi connectivity index (χ4v) is 7.03. The highest BCUT2D eigenvalue weighted by molar-refractivity contribution is 6.40. The highest BCUT2D eigenvalue weighted by atomic mass is 16.4. The van der Waals surface area contributed by atoms with E-state index < -0.39 is 0 Å². The van der Waals surface area contributed by atoms with E-state index in [1.165, 1.54) is 44.9 Å². The molecule has 0 heterocycles. The normalized spacial score (nSPS) is 53.0. The number of Topliss-reactive ketones (excluding diaryl/α,β-unsaturated/α-hetero) is 1. The van der Waals surface area contributed by atoms with Crippen LogP contribution in [0.15, 0.2) is 5.16 Å². The minimum absolute atomic E-state index is 0.0879. The average Bonchev–Trinajstić information content (AvgIpc) is 2.89. The van der Waals surface area contributed by atoms with E-state index in [1.807, 2.05) is 0 Å². The minimum atomic E-state index is 0.0879. The summed E-state index contributed by atoms with van der Waals surface area (Å²) in [5.41, 5.74) is 1.21. The molecule has 3 heteroatoms. The average molecular weight is 303 g/mol. The molecule has 1 N–H and O–H groups in total. The molecule has 0 unspecified atom stereocenters. The molecule has 4 fully saturated rings. The molecule has 0 radical (unpaired) electrons. The van der Waals surface area contributed by atoms with Crippen LogP contribution in [-0.2, 0) is 4.79 Å². The predicted octanol–water partition coefficient (Wildman–Crippen LogP) is 4.43. The maximum atomic E-state index is 12.1. The van der Waals surface area contributed by atoms with Crippen LogP contribution in [0.25, 0.3) is 0 Å². The fraction of sp³-hybridized carbons (Fsp3) is 0.895. The van der Waals surface area contributed by atoms with Crippen LogP contribution in [0, 0.1) is 34.5 Å². The molecule has 0 bridgehead atoms. The van der Waals surface area contributed by atoms with Gasteiger partial charge in [-0.15, -0.1) is 0 Å². The zero-order valence-corrected chi connectivity index (χ0v) is 14.0. The molecular formula is C19H29NO2. The quantitative estimate of drug-likeness (QED) is 0.531. The van der Waals surface area contributed by atoms with Crippen LogP contribution < -0.4 is 0 Å². The lowest BCUT2D eigenvalue weighted by molar-refractivity contribution is -0.125. The van der Waals surface area contributed by atoms with E-state index >= 15 is 0 Å². The molecular weight excluding hydrogens is 274 g/mol. The topological polar surface area (TPSA) is 49.7 Å². The van der Waals surface area contributed by atoms with Crippen LogP contribution in [-0.4, -0.2) is 16.7 Å². The molecule has 4 saturated carbocycles. The van der Waals surface area contributed by atoms with Gasteiger partial charge in [-0.1, -0.05) is 25.4 Å². The van der Waals surface area contributed by atoms with Crippen molar-refractivity contribution in [3.05, 3.63) is 0 Å². The van der Waals surface area contributed by atoms with Gasteiger partial charge in [0.1, 0.15) is 5.71 Å². The van der Waals surface area contributed by atoms with E-state index in [1.54, 1.807) is 0 Å². The summed E-state index contributed by atoms with van der Waals surface area (Å²) in [6.45, 7) is 4.92. The Kier molecular flexibility index (Phi) is 3.22. The number of rotatable bonds is 0. The number of oxime groups is 1. The van der Waals surface area contributed by atoms with Crippen LogP contribution in [0.2, 0.25) is 0 Å². The number of ketones is 1. The Morgan fingerprint density at radius 3 is 2.68 bits per heavy atom. The van der Waals surface area contributed by atoms with Gasteiger partial charge in [0.15, 0.2) is 5.78 Å². The van der Waals surface area contributed by atoms with Crippen molar-refractivity contribution in [1.29, 1.82) is 0 Å². The lowest BCUT2D eigenvalue weighted by Gasteiger charge is -2.59. The van der Waals surface area contributed by atoms with Gasteiger partial charge >= 0.3 is 0 Å². The number of nitrogens with zero attached hydrogens (tertiary/aromatic N) is 1. The van der Waals surface area contributed by atoms with Gasteiger partial charge < -0.3 is 5.21 Å². The first-order chi connectivity index (χ1) is 10.5. The summed E-state index contributed by atoms with van der Waals surface area (Å²) in [6, 6.07) is 0. The molecule has 0 aromatic rings. The second-order valence-electron chi connectivity index (χ2n) is 9.09. The van der Waals surface area contributed by atoms with E-state index in [0.29, 0.717) is 29.9 Å². The van der Waals surface area contributed by atoms with Gasteiger partial charge in [0.05, 0.1) is 0 Å². The van der Waals surface area contributed by atoms with Crippen molar-refractivity contribution in [3.8, 4) is 0 Å². The summed E-state index contributed by atoms with van der Waals surface area (Å²) in [4.78, 5) is 12.1. The summed E-state index contributed by atoms with van der Waals surface area (Å²) in [6.07, 6.45) is 10.8. The number of carbonyl (C=O) groups excluding carboxylic acids is 1. The van der Waals surface area contributed by atoms with Gasteiger partial charge in [-0.25, -0.2) is 0 Å². The molecule has 0 saturated heterocycles. The molecule has 4 rings (SSSR count). The van der Waals surface area contributed by atoms with Gasteiger partial charge in [0.25, 0.3) is 0 Å². The molecule has 0 amide bonds. The van der Waals surface area contributed by atoms with Crippen molar-refractivity contribution in [2.24, 2.45) is 39.7 Å². The van der Waals surface area contributed by atoms with Gasteiger partial charge in [0, 0.05) is 12.8 Å². The first-order valence-corrected chi connectivity index (χ1v) is 9.22. The van der Waals surface area contributed by atoms with Crippen molar-refractivity contribution in [2.45, 2.75) is 71.6 Å². The van der Waals surface area contributed by atoms with Crippen molar-refractivity contribution in [2.75, 3.05) is 0 Å². The smallest absolute Gasteiger partial charge is 0.180 e. The monoisotopic (exact) mass is 303 g/mol. The minimum Gasteiger partial charge on any atom is -0.411 e. The summed E-state index contributed by atoms with van der Waals surface area (Å²) < 4.78 is 0. The zero-order chi connectivity index (χ0) is 15.5. The summed E-state index contributed by atoms with van der Waals surface area (Å²) >= 11 is 0. The summed E-state index contributed by atoms with van der Waals surface area (Å²) in [7, 11) is 0. The third kappa shape index (κ3) is 1.86. The van der Waals surface area contributed by atoms with Gasteiger partial charge in [-0.2, -0.15) is 0 Å². The van der Waals surface area contributed by atoms with Gasteiger partial charge in [0.2, 0.25) is 0 Å². The molecule has 0 aromatic heterocycles. The Morgan fingerprint density at radius 1 is 1.09 bits per heavy atom. The van der Waals surface area contributed by atoms with Crippen LogP contribution in [0.3, 0.4) is 0 Å². The summed E-state index contributed by atoms with van der Waals surface area (Å²) in [5.74, 6) is 3.07. The third-order valence-corrected chi connectivity index (χ3v) is 8.27. The number of fused-ring (bicyclic) bond motifs is 5. The molecule has 122 valence electrons. The largest absolute Gasteiger partial charge is 0.411 e. The number of carbonyl (C=O) groups is 1. The standard InChI is InChI=1S/C19H29NO2/c1-18-8-3-4-14(18)13-6-5-12-10-17(21)16(20-22)11-19(12,2)15(13)7-9-18/h12-15,22H,3-11H2,1-2H3/b20-16+/t12-,13-,14+,15+,18+,19+/m0/s1. The Morgan fingerprint density at radius 2 is 1.91 bits per heavy atom. The molecule has 4 aliphatic carbocycles. The van der Waals surface area contributed by atoms with Crippen LogP contribution in [0.1, 0.15) is 71.6 Å². The lowest BCUT2D eigenvalue weighted by atomic mass is 9.45. The Balaban J connectivity index is 1.66. The predicted molar refractivity (Wildman–Crippen MR) is 86.0 cm³/mol. The maximum Gasteiger partial charge on any atom is 0.180 e. The molecule has 4 aliphatic rings. The number of hydrogen-bond acceptors (Lipinski definition) is 3. The first kappa shape index (κ1) is 14.7. The molecule has 0 aliphatic heterocycles. The van der Waals surface area contributed by atoms with Crippen molar-refractivity contribution < 1.29 is 10.0 Å². The van der Waals surface area contributed by atoms with Crippen LogP contribution in [0.5, 0.6) is 0 Å². The third-order valence-electron chi connectivity index (χ3n) is 8.27. The van der Waals surface area contributed by atoms with Gasteiger partial charge in [-0.05, 0) is 73.0 Å². The van der Waals surface area contributed by atoms with Crippen molar-refractivity contribution in [1.82, 2.24) is 0 Å². The van der Waals surface area contributed by atoms with Crippen LogP contribution >= 0.6 is 0 Å². The van der Waals surface area contributed by atoms with Crippen molar-refractivity contribution >= 4 is 11.5 Å².